The highest BCUT2D eigenvalue weighted by molar-refractivity contribution is 5.95. The van der Waals surface area contributed by atoms with E-state index in [-0.39, 0.29) is 11.7 Å². The van der Waals surface area contributed by atoms with Crippen LogP contribution in [0.5, 0.6) is 0 Å². The van der Waals surface area contributed by atoms with Crippen molar-refractivity contribution in [2.75, 3.05) is 5.32 Å². The van der Waals surface area contributed by atoms with Gasteiger partial charge in [-0.2, -0.15) is 0 Å². The zero-order chi connectivity index (χ0) is 14.7. The highest BCUT2D eigenvalue weighted by atomic mass is 19.1. The molecule has 0 spiro atoms. The average Bonchev–Trinajstić information content (AvgIpc) is 2.41. The first-order valence-electron chi connectivity index (χ1n) is 6.77. The summed E-state index contributed by atoms with van der Waals surface area (Å²) in [7, 11) is 0. The number of hydrogen-bond donors (Lipinski definition) is 1. The Morgan fingerprint density at radius 2 is 1.90 bits per heavy atom. The molecule has 0 unspecified atom stereocenters. The number of nitrogens with one attached hydrogen (secondary N) is 1. The molecule has 1 amide bonds. The van der Waals surface area contributed by atoms with E-state index < -0.39 is 17.8 Å². The van der Waals surface area contributed by atoms with Gasteiger partial charge in [-0.3, -0.25) is 4.79 Å². The van der Waals surface area contributed by atoms with Gasteiger partial charge in [0.05, 0.1) is 0 Å². The molecule has 20 heavy (non-hydrogen) atoms. The molecule has 1 aliphatic rings. The van der Waals surface area contributed by atoms with Crippen LogP contribution in [0.15, 0.2) is 18.2 Å². The molecule has 0 radical (unpaired) electrons. The average molecular weight is 278 g/mol. The van der Waals surface area contributed by atoms with E-state index in [0.717, 1.165) is 12.8 Å². The molecule has 1 aliphatic carbocycles. The molecule has 0 heterocycles. The minimum Gasteiger partial charge on any atom is -0.550 e. The van der Waals surface area contributed by atoms with Gasteiger partial charge in [-0.1, -0.05) is 12.8 Å². The molecule has 4 nitrogen and oxygen atoms in total. The predicted molar refractivity (Wildman–Crippen MR) is 70.2 cm³/mol. The van der Waals surface area contributed by atoms with Crippen LogP contribution < -0.4 is 10.4 Å². The van der Waals surface area contributed by atoms with Gasteiger partial charge < -0.3 is 15.2 Å². The second-order valence-corrected chi connectivity index (χ2v) is 5.26. The van der Waals surface area contributed by atoms with Crippen LogP contribution in [0.2, 0.25) is 0 Å². The lowest BCUT2D eigenvalue weighted by molar-refractivity contribution is -0.313. The molecule has 1 aromatic rings. The molecule has 0 aliphatic heterocycles. The van der Waals surface area contributed by atoms with Crippen molar-refractivity contribution >= 4 is 17.6 Å². The lowest BCUT2D eigenvalue weighted by Crippen LogP contribution is -2.42. The Morgan fingerprint density at radius 1 is 1.25 bits per heavy atom. The molecule has 5 heteroatoms. The van der Waals surface area contributed by atoms with Crippen molar-refractivity contribution in [1.29, 1.82) is 0 Å². The fourth-order valence-electron chi connectivity index (χ4n) is 2.72. The van der Waals surface area contributed by atoms with Gasteiger partial charge in [-0.05, 0) is 43.5 Å². The first-order chi connectivity index (χ1) is 9.49. The summed E-state index contributed by atoms with van der Waals surface area (Å²) >= 11 is 0. The number of carboxylic acid groups (broad SMARTS) is 1. The van der Waals surface area contributed by atoms with Crippen LogP contribution in [0.3, 0.4) is 0 Å². The molecule has 2 rings (SSSR count). The van der Waals surface area contributed by atoms with Gasteiger partial charge in [-0.15, -0.1) is 0 Å². The lowest BCUT2D eigenvalue weighted by atomic mass is 9.78. The maximum absolute atomic E-state index is 13.0. The third kappa shape index (κ3) is 3.15. The number of aliphatic carboxylic acids is 1. The standard InChI is InChI=1S/C15H18FNO3/c1-9-8-10(16)6-7-13(9)17-14(18)11-4-2-3-5-12(11)15(19)20/h6-8,11-12H,2-5H2,1H3,(H,17,18)(H,19,20)/p-1/t11-,12+/m1/s1. The second kappa shape index (κ2) is 6.03. The molecular formula is C15H17FNO3-. The molecule has 0 aromatic heterocycles. The Balaban J connectivity index is 2.12. The lowest BCUT2D eigenvalue weighted by Gasteiger charge is -2.31. The number of amides is 1. The maximum Gasteiger partial charge on any atom is 0.228 e. The summed E-state index contributed by atoms with van der Waals surface area (Å²) in [6.07, 6.45) is 2.66. The quantitative estimate of drug-likeness (QED) is 0.913. The molecule has 108 valence electrons. The monoisotopic (exact) mass is 278 g/mol. The summed E-state index contributed by atoms with van der Waals surface area (Å²) in [4.78, 5) is 23.3. The van der Waals surface area contributed by atoms with Crippen LogP contribution in [-0.2, 0) is 9.59 Å². The fraction of sp³-hybridized carbons (Fsp3) is 0.467. The van der Waals surface area contributed by atoms with Gasteiger partial charge in [0.25, 0.3) is 0 Å². The highest BCUT2D eigenvalue weighted by Gasteiger charge is 2.31. The SMILES string of the molecule is Cc1cc(F)ccc1NC(=O)[C@@H]1CCCC[C@@H]1C(=O)[O-]. The van der Waals surface area contributed by atoms with E-state index in [1.54, 1.807) is 6.92 Å². The number of carboxylic acids is 1. The van der Waals surface area contributed by atoms with Crippen molar-refractivity contribution in [3.63, 3.8) is 0 Å². The van der Waals surface area contributed by atoms with Crippen molar-refractivity contribution in [1.82, 2.24) is 0 Å². The Labute approximate surface area is 117 Å². The molecule has 1 N–H and O–H groups in total. The van der Waals surface area contributed by atoms with Crippen LogP contribution in [0, 0.1) is 24.6 Å². The van der Waals surface area contributed by atoms with E-state index in [9.17, 15) is 19.1 Å². The van der Waals surface area contributed by atoms with Gasteiger partial charge in [0.1, 0.15) is 5.82 Å². The number of anilines is 1. The number of carbonyl (C=O) groups is 2. The summed E-state index contributed by atoms with van der Waals surface area (Å²) in [5.41, 5.74) is 1.12. The minimum atomic E-state index is -1.17. The summed E-state index contributed by atoms with van der Waals surface area (Å²) in [6.45, 7) is 1.69. The largest absolute Gasteiger partial charge is 0.550 e. The third-order valence-electron chi connectivity index (χ3n) is 3.85. The van der Waals surface area contributed by atoms with E-state index in [4.69, 9.17) is 0 Å². The van der Waals surface area contributed by atoms with Gasteiger partial charge in [-0.25, -0.2) is 4.39 Å². The van der Waals surface area contributed by atoms with E-state index >= 15 is 0 Å². The van der Waals surface area contributed by atoms with Crippen LogP contribution in [0.25, 0.3) is 0 Å². The Kier molecular flexibility index (Phi) is 4.37. The number of rotatable bonds is 3. The van der Waals surface area contributed by atoms with Crippen molar-refractivity contribution in [3.8, 4) is 0 Å². The van der Waals surface area contributed by atoms with E-state index in [0.29, 0.717) is 24.1 Å². The zero-order valence-corrected chi connectivity index (χ0v) is 11.3. The summed E-state index contributed by atoms with van der Waals surface area (Å²) < 4.78 is 13.0. The first-order valence-corrected chi connectivity index (χ1v) is 6.77. The topological polar surface area (TPSA) is 69.2 Å². The van der Waals surface area contributed by atoms with Gasteiger partial charge >= 0.3 is 0 Å². The molecule has 1 saturated carbocycles. The number of carbonyl (C=O) groups excluding carboxylic acids is 2. The molecule has 1 fully saturated rings. The van der Waals surface area contributed by atoms with Crippen molar-refractivity contribution in [2.45, 2.75) is 32.6 Å². The van der Waals surface area contributed by atoms with Crippen LogP contribution in [0.1, 0.15) is 31.2 Å². The van der Waals surface area contributed by atoms with E-state index in [2.05, 4.69) is 5.32 Å². The number of benzene rings is 1. The van der Waals surface area contributed by atoms with Gasteiger partial charge in [0.2, 0.25) is 5.91 Å². The number of halogens is 1. The molecule has 0 bridgehead atoms. The van der Waals surface area contributed by atoms with Crippen LogP contribution in [0.4, 0.5) is 10.1 Å². The normalized spacial score (nSPS) is 22.3. The summed E-state index contributed by atoms with van der Waals surface area (Å²) in [5, 5.41) is 13.8. The first kappa shape index (κ1) is 14.5. The highest BCUT2D eigenvalue weighted by Crippen LogP contribution is 2.31. The second-order valence-electron chi connectivity index (χ2n) is 5.26. The molecule has 0 saturated heterocycles. The van der Waals surface area contributed by atoms with Crippen molar-refractivity contribution < 1.29 is 19.1 Å². The van der Waals surface area contributed by atoms with E-state index in [1.165, 1.54) is 18.2 Å². The molecular weight excluding hydrogens is 261 g/mol. The van der Waals surface area contributed by atoms with Crippen molar-refractivity contribution in [3.05, 3.63) is 29.6 Å². The third-order valence-corrected chi connectivity index (χ3v) is 3.85. The Bertz CT molecular complexity index is 530. The maximum atomic E-state index is 13.0. The van der Waals surface area contributed by atoms with Gasteiger partial charge in [0, 0.05) is 23.5 Å². The summed E-state index contributed by atoms with van der Waals surface area (Å²) in [6, 6.07) is 4.08. The smallest absolute Gasteiger partial charge is 0.228 e. The van der Waals surface area contributed by atoms with Crippen LogP contribution in [-0.4, -0.2) is 11.9 Å². The zero-order valence-electron chi connectivity index (χ0n) is 11.3. The molecule has 1 aromatic carbocycles. The van der Waals surface area contributed by atoms with Crippen molar-refractivity contribution in [2.24, 2.45) is 11.8 Å². The predicted octanol–water partition coefficient (Wildman–Crippen LogP) is 1.63. The van der Waals surface area contributed by atoms with E-state index in [1.807, 2.05) is 0 Å². The molecule has 2 atom stereocenters. The Hall–Kier alpha value is -1.91. The van der Waals surface area contributed by atoms with Crippen LogP contribution >= 0.6 is 0 Å². The number of aryl methyl sites for hydroxylation is 1. The fourth-order valence-corrected chi connectivity index (χ4v) is 2.72. The Morgan fingerprint density at radius 3 is 2.50 bits per heavy atom. The number of hydrogen-bond acceptors (Lipinski definition) is 3. The summed E-state index contributed by atoms with van der Waals surface area (Å²) in [5.74, 6) is -3.16. The van der Waals surface area contributed by atoms with Gasteiger partial charge in [0.15, 0.2) is 0 Å². The minimum absolute atomic E-state index is 0.325.